The molecule has 2 N–H and O–H groups in total. The van der Waals surface area contributed by atoms with E-state index < -0.39 is 6.04 Å². The molecule has 1 aromatic carbocycles. The van der Waals surface area contributed by atoms with Crippen LogP contribution >= 0.6 is 24.4 Å². The van der Waals surface area contributed by atoms with Gasteiger partial charge >= 0.3 is 0 Å². The monoisotopic (exact) mass is 416 g/mol. The Kier molecular flexibility index (Phi) is 7.53. The van der Waals surface area contributed by atoms with Crippen molar-refractivity contribution in [2.24, 2.45) is 0 Å². The van der Waals surface area contributed by atoms with E-state index in [1.807, 2.05) is 6.07 Å². The third kappa shape index (κ3) is 4.87. The normalized spacial score (nSPS) is 18.2. The number of ketones is 1. The summed E-state index contributed by atoms with van der Waals surface area (Å²) in [5.74, 6) is -0.576. The van der Waals surface area contributed by atoms with Crippen LogP contribution in [0.5, 0.6) is 0 Å². The van der Waals surface area contributed by atoms with Crippen molar-refractivity contribution >= 4 is 52.3 Å². The number of hydrogen-bond donors (Lipinski definition) is 2. The maximum atomic E-state index is 12.2. The van der Waals surface area contributed by atoms with E-state index in [9.17, 15) is 14.4 Å². The molecular weight excluding hydrogens is 396 g/mol. The second kappa shape index (κ2) is 9.86. The summed E-state index contributed by atoms with van der Waals surface area (Å²) in [7, 11) is 0. The van der Waals surface area contributed by atoms with Crippen molar-refractivity contribution in [3.8, 4) is 0 Å². The Morgan fingerprint density at radius 1 is 1.07 bits per heavy atom. The van der Waals surface area contributed by atoms with Gasteiger partial charge in [0.15, 0.2) is 22.0 Å². The van der Waals surface area contributed by atoms with Crippen molar-refractivity contribution in [2.75, 3.05) is 19.6 Å². The maximum Gasteiger partial charge on any atom is 0.259 e. The van der Waals surface area contributed by atoms with Crippen LogP contribution in [0.25, 0.3) is 0 Å². The molecule has 28 heavy (non-hydrogen) atoms. The van der Waals surface area contributed by atoms with E-state index >= 15 is 0 Å². The van der Waals surface area contributed by atoms with Gasteiger partial charge in [-0.05, 0) is 24.4 Å². The number of Topliss-reactive ketones (excluding diaryl/α,β-unsaturated/α-hetero) is 1. The molecule has 146 valence electrons. The van der Waals surface area contributed by atoms with Crippen molar-refractivity contribution in [3.05, 3.63) is 61.2 Å². The van der Waals surface area contributed by atoms with Crippen LogP contribution in [0.15, 0.2) is 55.6 Å². The largest absolute Gasteiger partial charge is 0.353 e. The summed E-state index contributed by atoms with van der Waals surface area (Å²) in [6, 6.07) is 7.77. The molecule has 0 saturated carbocycles. The van der Waals surface area contributed by atoms with Crippen molar-refractivity contribution in [2.45, 2.75) is 6.04 Å². The molecule has 9 heteroatoms. The van der Waals surface area contributed by atoms with E-state index in [1.54, 1.807) is 36.4 Å². The fourth-order valence-electron chi connectivity index (χ4n) is 2.54. The summed E-state index contributed by atoms with van der Waals surface area (Å²) in [6.45, 7) is 8.21. The van der Waals surface area contributed by atoms with Crippen LogP contribution in [0.3, 0.4) is 0 Å². The predicted octanol–water partition coefficient (Wildman–Crippen LogP) is 1.03. The van der Waals surface area contributed by atoms with Gasteiger partial charge in [-0.2, -0.15) is 0 Å². The minimum atomic E-state index is -0.917. The molecule has 0 bridgehead atoms. The summed E-state index contributed by atoms with van der Waals surface area (Å²) in [4.78, 5) is 37.9. The average Bonchev–Trinajstić information content (AvgIpc) is 3.17. The van der Waals surface area contributed by atoms with Crippen LogP contribution in [0.1, 0.15) is 10.4 Å². The third-order valence-electron chi connectivity index (χ3n) is 3.91. The lowest BCUT2D eigenvalue weighted by Crippen LogP contribution is -2.37. The zero-order chi connectivity index (χ0) is 20.7. The first-order valence-corrected chi connectivity index (χ1v) is 9.23. The third-order valence-corrected chi connectivity index (χ3v) is 4.61. The molecule has 0 aromatic heterocycles. The Labute approximate surface area is 174 Å². The van der Waals surface area contributed by atoms with E-state index in [-0.39, 0.29) is 22.7 Å². The molecule has 2 saturated heterocycles. The van der Waals surface area contributed by atoms with E-state index in [2.05, 4.69) is 23.8 Å². The highest BCUT2D eigenvalue weighted by Crippen LogP contribution is 2.12. The van der Waals surface area contributed by atoms with Crippen molar-refractivity contribution in [1.82, 2.24) is 20.4 Å². The molecule has 2 heterocycles. The lowest BCUT2D eigenvalue weighted by Gasteiger charge is -2.11. The summed E-state index contributed by atoms with van der Waals surface area (Å²) in [5, 5.41) is 6.29. The molecule has 0 aliphatic carbocycles. The van der Waals surface area contributed by atoms with Crippen LogP contribution < -0.4 is 10.6 Å². The molecule has 0 spiro atoms. The van der Waals surface area contributed by atoms with Gasteiger partial charge in [0.25, 0.3) is 5.91 Å². The van der Waals surface area contributed by atoms with Gasteiger partial charge in [-0.25, -0.2) is 0 Å². The molecule has 2 aliphatic rings. The second-order valence-corrected chi connectivity index (χ2v) is 6.58. The van der Waals surface area contributed by atoms with E-state index in [4.69, 9.17) is 24.4 Å². The summed E-state index contributed by atoms with van der Waals surface area (Å²) in [6.07, 6.45) is 3.22. The SMILES string of the molecule is C=CCN1C(=O)C(C(=O)c2ccccc2)NC1=S.C=CCN1C(=O)CNC1=S. The van der Waals surface area contributed by atoms with Gasteiger partial charge in [0.05, 0.1) is 6.54 Å². The van der Waals surface area contributed by atoms with Crippen molar-refractivity contribution < 1.29 is 14.4 Å². The Hall–Kier alpha value is -2.91. The highest BCUT2D eigenvalue weighted by molar-refractivity contribution is 7.80. The standard InChI is InChI=1S/C13H12N2O2S.C6H8N2OS/c1-2-8-15-12(17)10(14-13(15)18)11(16)9-6-4-3-5-7-9;1-2-3-8-5(9)4-7-6(8)10/h2-7,10H,1,8H2,(H,14,18);2H,1,3-4H2,(H,7,10). The van der Waals surface area contributed by atoms with Crippen LogP contribution in [0, 0.1) is 0 Å². The van der Waals surface area contributed by atoms with Crippen LogP contribution in [-0.4, -0.2) is 63.3 Å². The van der Waals surface area contributed by atoms with Gasteiger partial charge in [-0.1, -0.05) is 42.5 Å². The van der Waals surface area contributed by atoms with Gasteiger partial charge < -0.3 is 10.6 Å². The van der Waals surface area contributed by atoms with Crippen molar-refractivity contribution in [1.29, 1.82) is 0 Å². The molecule has 7 nitrogen and oxygen atoms in total. The highest BCUT2D eigenvalue weighted by atomic mass is 32.1. The lowest BCUT2D eigenvalue weighted by molar-refractivity contribution is -0.126. The Morgan fingerprint density at radius 3 is 2.21 bits per heavy atom. The van der Waals surface area contributed by atoms with Crippen molar-refractivity contribution in [3.63, 3.8) is 0 Å². The molecule has 1 atom stereocenters. The minimum absolute atomic E-state index is 0.0184. The number of nitrogens with one attached hydrogen (secondary N) is 2. The first kappa shape index (κ1) is 21.4. The first-order valence-electron chi connectivity index (χ1n) is 8.41. The van der Waals surface area contributed by atoms with Crippen LogP contribution in [-0.2, 0) is 9.59 Å². The Morgan fingerprint density at radius 2 is 1.68 bits per heavy atom. The first-order chi connectivity index (χ1) is 13.4. The number of nitrogens with zero attached hydrogens (tertiary/aromatic N) is 2. The van der Waals surface area contributed by atoms with Gasteiger partial charge in [0.2, 0.25) is 5.91 Å². The molecule has 3 rings (SSSR count). The Balaban J connectivity index is 0.000000237. The topological polar surface area (TPSA) is 81.8 Å². The molecular formula is C19H20N4O3S2. The number of amides is 2. The zero-order valence-corrected chi connectivity index (χ0v) is 16.7. The molecule has 0 radical (unpaired) electrons. The van der Waals surface area contributed by atoms with Gasteiger partial charge in [-0.15, -0.1) is 13.2 Å². The quantitative estimate of drug-likeness (QED) is 0.310. The fraction of sp³-hybridized carbons (Fsp3) is 0.211. The Bertz CT molecular complexity index is 810. The van der Waals surface area contributed by atoms with Gasteiger partial charge in [0, 0.05) is 18.7 Å². The summed E-state index contributed by atoms with van der Waals surface area (Å²) in [5.41, 5.74) is 0.492. The van der Waals surface area contributed by atoms with Crippen LogP contribution in [0.2, 0.25) is 0 Å². The molecule has 1 aromatic rings. The lowest BCUT2D eigenvalue weighted by atomic mass is 10.0. The summed E-state index contributed by atoms with van der Waals surface area (Å²) < 4.78 is 0. The summed E-state index contributed by atoms with van der Waals surface area (Å²) >= 11 is 9.85. The molecule has 1 unspecified atom stereocenters. The van der Waals surface area contributed by atoms with Gasteiger partial charge in [0.1, 0.15) is 0 Å². The van der Waals surface area contributed by atoms with E-state index in [0.717, 1.165) is 0 Å². The highest BCUT2D eigenvalue weighted by Gasteiger charge is 2.39. The number of carbonyl (C=O) groups is 3. The molecule has 2 aliphatic heterocycles. The predicted molar refractivity (Wildman–Crippen MR) is 115 cm³/mol. The second-order valence-electron chi connectivity index (χ2n) is 5.80. The molecule has 2 fully saturated rings. The smallest absolute Gasteiger partial charge is 0.259 e. The number of carbonyl (C=O) groups excluding carboxylic acids is 3. The van der Waals surface area contributed by atoms with Gasteiger partial charge in [-0.3, -0.25) is 24.2 Å². The number of rotatable bonds is 6. The maximum absolute atomic E-state index is 12.2. The zero-order valence-electron chi connectivity index (χ0n) is 15.1. The average molecular weight is 417 g/mol. The number of hydrogen-bond acceptors (Lipinski definition) is 5. The van der Waals surface area contributed by atoms with Crippen LogP contribution in [0.4, 0.5) is 0 Å². The minimum Gasteiger partial charge on any atom is -0.353 e. The van der Waals surface area contributed by atoms with E-state index in [0.29, 0.717) is 30.3 Å². The molecule has 2 amide bonds. The fourth-order valence-corrected chi connectivity index (χ4v) is 3.07. The van der Waals surface area contributed by atoms with E-state index in [1.165, 1.54) is 9.80 Å². The number of thiocarbonyl (C=S) groups is 2. The number of benzene rings is 1.